The van der Waals surface area contributed by atoms with Gasteiger partial charge in [-0.05, 0) is 69.7 Å². The van der Waals surface area contributed by atoms with Crippen molar-refractivity contribution in [3.8, 4) is 0 Å². The molecule has 0 spiro atoms. The first-order valence-electron chi connectivity index (χ1n) is 10.1. The topological polar surface area (TPSA) is 53.2 Å². The highest BCUT2D eigenvalue weighted by Crippen LogP contribution is 2.39. The zero-order valence-corrected chi connectivity index (χ0v) is 14.8. The number of nitrogens with one attached hydrogen (secondary N) is 3. The minimum absolute atomic E-state index is 0.0277. The quantitative estimate of drug-likeness (QED) is 0.724. The fourth-order valence-electron chi connectivity index (χ4n) is 5.81. The summed E-state index contributed by atoms with van der Waals surface area (Å²) >= 11 is 0. The average molecular weight is 337 g/mol. The van der Waals surface area contributed by atoms with Gasteiger partial charge in [0.2, 0.25) is 5.91 Å². The molecule has 4 aliphatic rings. The molecule has 0 aromatic carbocycles. The van der Waals surface area contributed by atoms with Gasteiger partial charge in [0, 0.05) is 24.0 Å². The number of rotatable bonds is 2. The van der Waals surface area contributed by atoms with Crippen molar-refractivity contribution >= 4 is 5.91 Å². The molecule has 2 saturated heterocycles. The van der Waals surface area contributed by atoms with E-state index in [1.165, 1.54) is 25.7 Å². The Bertz CT molecular complexity index is 454. The molecule has 4 nitrogen and oxygen atoms in total. The summed E-state index contributed by atoms with van der Waals surface area (Å²) in [5, 5.41) is 10.4. The number of amides is 1. The number of alkyl halides is 1. The van der Waals surface area contributed by atoms with Crippen LogP contribution < -0.4 is 16.0 Å². The van der Waals surface area contributed by atoms with Gasteiger partial charge in [0.05, 0.1) is 6.04 Å². The fourth-order valence-corrected chi connectivity index (χ4v) is 5.81. The highest BCUT2D eigenvalue weighted by Gasteiger charge is 2.47. The van der Waals surface area contributed by atoms with Gasteiger partial charge in [-0.15, -0.1) is 0 Å². The van der Waals surface area contributed by atoms with Crippen molar-refractivity contribution in [3.05, 3.63) is 0 Å². The third-order valence-electron chi connectivity index (χ3n) is 7.17. The van der Waals surface area contributed by atoms with Crippen LogP contribution >= 0.6 is 0 Å². The molecule has 4 fully saturated rings. The Morgan fingerprint density at radius 2 is 1.96 bits per heavy atom. The second-order valence-corrected chi connectivity index (χ2v) is 8.63. The molecule has 0 aromatic rings. The lowest BCUT2D eigenvalue weighted by molar-refractivity contribution is -0.124. The Labute approximate surface area is 144 Å². The van der Waals surface area contributed by atoms with Gasteiger partial charge in [-0.1, -0.05) is 6.92 Å². The van der Waals surface area contributed by atoms with E-state index >= 15 is 0 Å². The lowest BCUT2D eigenvalue weighted by atomic mass is 9.75. The summed E-state index contributed by atoms with van der Waals surface area (Å²) in [6, 6.07) is 0.856. The number of piperidine rings is 1. The number of carbonyl (C=O) groups excluding carboxylic acids is 1. The van der Waals surface area contributed by atoms with Crippen molar-refractivity contribution in [1.29, 1.82) is 0 Å². The van der Waals surface area contributed by atoms with E-state index in [9.17, 15) is 9.18 Å². The Morgan fingerprint density at radius 3 is 2.79 bits per heavy atom. The average Bonchev–Trinajstić information content (AvgIpc) is 3.05. The van der Waals surface area contributed by atoms with Gasteiger partial charge in [-0.25, -0.2) is 4.39 Å². The summed E-state index contributed by atoms with van der Waals surface area (Å²) in [7, 11) is 0. The van der Waals surface area contributed by atoms with E-state index in [1.54, 1.807) is 0 Å². The van der Waals surface area contributed by atoms with E-state index in [0.717, 1.165) is 19.4 Å². The van der Waals surface area contributed by atoms with Crippen molar-refractivity contribution < 1.29 is 9.18 Å². The Morgan fingerprint density at radius 1 is 1.08 bits per heavy atom. The number of hydrogen-bond acceptors (Lipinski definition) is 3. The van der Waals surface area contributed by atoms with Crippen LogP contribution in [0.4, 0.5) is 4.39 Å². The van der Waals surface area contributed by atoms with E-state index in [-0.39, 0.29) is 23.9 Å². The highest BCUT2D eigenvalue weighted by molar-refractivity contribution is 5.82. The normalized spacial score (nSPS) is 48.4. The number of carbonyl (C=O) groups is 1. The molecule has 0 radical (unpaired) electrons. The molecule has 2 heterocycles. The molecule has 0 bridgehead atoms. The number of fused-ring (bicyclic) bond motifs is 2. The monoisotopic (exact) mass is 337 g/mol. The SMILES string of the molecule is CC1CCC(F)C2CC(C(=O)NC3CCCC4NCCCC43)NC12. The Kier molecular flexibility index (Phi) is 4.83. The van der Waals surface area contributed by atoms with Crippen molar-refractivity contribution in [2.75, 3.05) is 6.54 Å². The van der Waals surface area contributed by atoms with E-state index in [2.05, 4.69) is 22.9 Å². The van der Waals surface area contributed by atoms with Gasteiger partial charge < -0.3 is 16.0 Å². The molecular formula is C19H32FN3O. The van der Waals surface area contributed by atoms with Gasteiger partial charge >= 0.3 is 0 Å². The van der Waals surface area contributed by atoms with E-state index < -0.39 is 6.17 Å². The van der Waals surface area contributed by atoms with Crippen LogP contribution in [-0.4, -0.2) is 42.8 Å². The minimum Gasteiger partial charge on any atom is -0.352 e. The molecule has 8 unspecified atom stereocenters. The summed E-state index contributed by atoms with van der Waals surface area (Å²) in [6.07, 6.45) is 7.47. The maximum atomic E-state index is 14.2. The first kappa shape index (κ1) is 16.8. The van der Waals surface area contributed by atoms with E-state index in [4.69, 9.17) is 0 Å². The van der Waals surface area contributed by atoms with Crippen molar-refractivity contribution in [3.63, 3.8) is 0 Å². The minimum atomic E-state index is -0.738. The Balaban J connectivity index is 1.38. The predicted molar refractivity (Wildman–Crippen MR) is 92.4 cm³/mol. The summed E-state index contributed by atoms with van der Waals surface area (Å²) in [5.74, 6) is 1.19. The number of halogens is 1. The van der Waals surface area contributed by atoms with Gasteiger partial charge in [-0.2, -0.15) is 0 Å². The molecular weight excluding hydrogens is 305 g/mol. The summed E-state index contributed by atoms with van der Waals surface area (Å²) in [5.41, 5.74) is 0. The molecule has 4 rings (SSSR count). The summed E-state index contributed by atoms with van der Waals surface area (Å²) in [6.45, 7) is 3.31. The van der Waals surface area contributed by atoms with E-state index in [1.807, 2.05) is 0 Å². The zero-order valence-electron chi connectivity index (χ0n) is 14.8. The van der Waals surface area contributed by atoms with Gasteiger partial charge in [-0.3, -0.25) is 4.79 Å². The van der Waals surface area contributed by atoms with Gasteiger partial charge in [0.1, 0.15) is 6.17 Å². The van der Waals surface area contributed by atoms with Crippen LogP contribution in [0.15, 0.2) is 0 Å². The van der Waals surface area contributed by atoms with E-state index in [0.29, 0.717) is 36.8 Å². The lowest BCUT2D eigenvalue weighted by Gasteiger charge is -2.42. The van der Waals surface area contributed by atoms with Crippen molar-refractivity contribution in [2.24, 2.45) is 17.8 Å². The zero-order chi connectivity index (χ0) is 16.7. The fraction of sp³-hybridized carbons (Fsp3) is 0.947. The first-order valence-corrected chi connectivity index (χ1v) is 10.1. The summed E-state index contributed by atoms with van der Waals surface area (Å²) < 4.78 is 14.2. The molecule has 136 valence electrons. The van der Waals surface area contributed by atoms with Crippen LogP contribution in [-0.2, 0) is 4.79 Å². The van der Waals surface area contributed by atoms with Crippen LogP contribution in [0.3, 0.4) is 0 Å². The largest absolute Gasteiger partial charge is 0.352 e. The van der Waals surface area contributed by atoms with Crippen LogP contribution in [0, 0.1) is 17.8 Å². The van der Waals surface area contributed by atoms with Crippen LogP contribution in [0.25, 0.3) is 0 Å². The van der Waals surface area contributed by atoms with Crippen LogP contribution in [0.2, 0.25) is 0 Å². The molecule has 8 atom stereocenters. The Hall–Kier alpha value is -0.680. The molecule has 2 aliphatic carbocycles. The second kappa shape index (κ2) is 6.91. The number of hydrogen-bond donors (Lipinski definition) is 3. The maximum absolute atomic E-state index is 14.2. The highest BCUT2D eigenvalue weighted by atomic mass is 19.1. The van der Waals surface area contributed by atoms with Crippen LogP contribution in [0.5, 0.6) is 0 Å². The molecule has 3 N–H and O–H groups in total. The predicted octanol–water partition coefficient (Wildman–Crippen LogP) is 2.14. The molecule has 2 saturated carbocycles. The lowest BCUT2D eigenvalue weighted by Crippen LogP contribution is -2.56. The van der Waals surface area contributed by atoms with Crippen LogP contribution in [0.1, 0.15) is 58.3 Å². The molecule has 1 amide bonds. The van der Waals surface area contributed by atoms with Gasteiger partial charge in [0.15, 0.2) is 0 Å². The molecule has 0 aromatic heterocycles. The first-order chi connectivity index (χ1) is 11.6. The maximum Gasteiger partial charge on any atom is 0.237 e. The third-order valence-corrected chi connectivity index (χ3v) is 7.17. The van der Waals surface area contributed by atoms with Crippen molar-refractivity contribution in [2.45, 2.75) is 88.6 Å². The van der Waals surface area contributed by atoms with Crippen molar-refractivity contribution in [1.82, 2.24) is 16.0 Å². The second-order valence-electron chi connectivity index (χ2n) is 8.63. The summed E-state index contributed by atoms with van der Waals surface area (Å²) in [4.78, 5) is 12.8. The van der Waals surface area contributed by atoms with Gasteiger partial charge in [0.25, 0.3) is 0 Å². The smallest absolute Gasteiger partial charge is 0.237 e. The standard InChI is InChI=1S/C19H32FN3O/c1-11-7-8-14(20)13-10-17(22-18(11)13)19(24)23-16-6-2-5-15-12(16)4-3-9-21-15/h11-18,21-22H,2-10H2,1H3,(H,23,24). The molecule has 2 aliphatic heterocycles. The third kappa shape index (κ3) is 3.10. The molecule has 24 heavy (non-hydrogen) atoms. The molecule has 5 heteroatoms.